The third-order valence-electron chi connectivity index (χ3n) is 2.73. The molecule has 0 aromatic heterocycles. The molecule has 5 nitrogen and oxygen atoms in total. The van der Waals surface area contributed by atoms with Crippen LogP contribution in [0.4, 0.5) is 0 Å². The van der Waals surface area contributed by atoms with Gasteiger partial charge in [-0.05, 0) is 19.9 Å². The monoisotopic (exact) mass is 213 g/mol. The first-order chi connectivity index (χ1) is 6.95. The molecule has 0 saturated carbocycles. The number of carbonyl (C=O) groups excluding carboxylic acids is 1. The molecule has 84 valence electrons. The summed E-state index contributed by atoms with van der Waals surface area (Å²) >= 11 is 0. The number of methoxy groups -OCH3 is 1. The Labute approximate surface area is 88.3 Å². The molecule has 0 spiro atoms. The zero-order chi connectivity index (χ0) is 11.2. The van der Waals surface area contributed by atoms with Gasteiger partial charge < -0.3 is 19.5 Å². The van der Waals surface area contributed by atoms with E-state index in [-0.39, 0.29) is 12.0 Å². The lowest BCUT2D eigenvalue weighted by Crippen LogP contribution is -2.29. The summed E-state index contributed by atoms with van der Waals surface area (Å²) in [5, 5.41) is 9.35. The maximum atomic E-state index is 11.2. The van der Waals surface area contributed by atoms with E-state index in [1.165, 1.54) is 7.11 Å². The summed E-state index contributed by atoms with van der Waals surface area (Å²) in [5.41, 5.74) is 0.313. The molecule has 0 aromatic carbocycles. The Bertz CT molecular complexity index is 323. The molecule has 0 bridgehead atoms. The fraction of sp³-hybridized carbons (Fsp3) is 0.700. The van der Waals surface area contributed by atoms with Crippen molar-refractivity contribution >= 4 is 5.97 Å². The minimum Gasteiger partial charge on any atom is -0.467 e. The normalized spacial score (nSPS) is 32.5. The fourth-order valence-electron chi connectivity index (χ4n) is 1.92. The van der Waals surface area contributed by atoms with Gasteiger partial charge in [0.15, 0.2) is 6.29 Å². The Morgan fingerprint density at radius 2 is 2.40 bits per heavy atom. The predicted molar refractivity (Wildman–Crippen MR) is 51.8 cm³/mol. The second-order valence-electron chi connectivity index (χ2n) is 4.26. The quantitative estimate of drug-likeness (QED) is 0.511. The van der Waals surface area contributed by atoms with Crippen molar-refractivity contribution in [3.63, 3.8) is 0 Å². The average Bonchev–Trinajstić information content (AvgIpc) is 2.86. The van der Waals surface area contributed by atoms with E-state index in [9.17, 15) is 9.90 Å². The summed E-state index contributed by atoms with van der Waals surface area (Å²) in [6.07, 6.45) is 0.747. The van der Waals surface area contributed by atoms with Crippen LogP contribution in [-0.4, -0.2) is 47.6 Å². The number of aliphatic hydroxyl groups is 1. The molecule has 0 aromatic rings. The minimum atomic E-state index is -0.881. The second kappa shape index (κ2) is 3.21. The largest absolute Gasteiger partial charge is 0.467 e. The number of nitrogens with zero attached hydrogens (tertiary/aromatic N) is 1. The van der Waals surface area contributed by atoms with Gasteiger partial charge in [-0.3, -0.25) is 0 Å². The molecule has 5 heteroatoms. The average molecular weight is 213 g/mol. The van der Waals surface area contributed by atoms with Crippen LogP contribution in [-0.2, 0) is 14.3 Å². The molecule has 2 unspecified atom stereocenters. The molecule has 0 aliphatic carbocycles. The Hall–Kier alpha value is -1.07. The van der Waals surface area contributed by atoms with Crippen molar-refractivity contribution in [2.45, 2.75) is 31.8 Å². The van der Waals surface area contributed by atoms with E-state index in [2.05, 4.69) is 4.74 Å². The van der Waals surface area contributed by atoms with Gasteiger partial charge in [0.1, 0.15) is 11.6 Å². The van der Waals surface area contributed by atoms with Crippen molar-refractivity contribution in [2.75, 3.05) is 13.7 Å². The topological polar surface area (TPSA) is 58.8 Å². The van der Waals surface area contributed by atoms with Crippen LogP contribution in [0.5, 0.6) is 0 Å². The van der Waals surface area contributed by atoms with Crippen LogP contribution >= 0.6 is 0 Å². The second-order valence-corrected chi connectivity index (χ2v) is 4.26. The summed E-state index contributed by atoms with van der Waals surface area (Å²) in [5.74, 6) is -0.243. The molecule has 1 fully saturated rings. The number of aliphatic hydroxyl groups excluding tert-OH is 1. The van der Waals surface area contributed by atoms with E-state index in [0.29, 0.717) is 6.54 Å². The summed E-state index contributed by atoms with van der Waals surface area (Å²) < 4.78 is 9.94. The van der Waals surface area contributed by atoms with E-state index >= 15 is 0 Å². The smallest absolute Gasteiger partial charge is 0.330 e. The maximum absolute atomic E-state index is 11.2. The summed E-state index contributed by atoms with van der Waals surface area (Å²) in [7, 11) is 1.37. The third kappa shape index (κ3) is 1.72. The van der Waals surface area contributed by atoms with Gasteiger partial charge in [0.25, 0.3) is 0 Å². The summed E-state index contributed by atoms with van der Waals surface area (Å²) in [6, 6.07) is -0.213. The fourth-order valence-corrected chi connectivity index (χ4v) is 1.92. The molecule has 2 atom stereocenters. The van der Waals surface area contributed by atoms with Gasteiger partial charge in [0.2, 0.25) is 0 Å². The van der Waals surface area contributed by atoms with Crippen LogP contribution in [0.2, 0.25) is 0 Å². The van der Waals surface area contributed by atoms with E-state index < -0.39 is 11.9 Å². The molecule has 2 rings (SSSR count). The van der Waals surface area contributed by atoms with E-state index in [0.717, 1.165) is 5.70 Å². The van der Waals surface area contributed by atoms with E-state index in [1.807, 2.05) is 18.7 Å². The summed E-state index contributed by atoms with van der Waals surface area (Å²) in [6.45, 7) is 4.36. The number of esters is 1. The highest BCUT2D eigenvalue weighted by Gasteiger charge is 2.49. The lowest BCUT2D eigenvalue weighted by molar-refractivity contribution is -0.140. The van der Waals surface area contributed by atoms with Crippen LogP contribution in [0.25, 0.3) is 0 Å². The highest BCUT2D eigenvalue weighted by molar-refractivity contribution is 5.79. The third-order valence-corrected chi connectivity index (χ3v) is 2.73. The van der Waals surface area contributed by atoms with Crippen LogP contribution in [0.1, 0.15) is 13.8 Å². The number of hydrogen-bond donors (Lipinski definition) is 1. The molecule has 0 amide bonds. The zero-order valence-corrected chi connectivity index (χ0v) is 9.06. The number of hydrogen-bond acceptors (Lipinski definition) is 5. The Kier molecular flexibility index (Phi) is 2.24. The van der Waals surface area contributed by atoms with Gasteiger partial charge in [0.05, 0.1) is 7.11 Å². The van der Waals surface area contributed by atoms with Gasteiger partial charge in [-0.25, -0.2) is 4.79 Å². The highest BCUT2D eigenvalue weighted by Crippen LogP contribution is 2.38. The van der Waals surface area contributed by atoms with Crippen LogP contribution in [0, 0.1) is 0 Å². The highest BCUT2D eigenvalue weighted by atomic mass is 16.6. The lowest BCUT2D eigenvalue weighted by Gasteiger charge is -2.23. The zero-order valence-electron chi connectivity index (χ0n) is 9.06. The standard InChI is InChI=1S/C10H15NO4/c1-10(2)7(4-8(12)15-10)11-5-6(11)9(13)14-3/h4,6,8,12H,5H2,1-3H3. The van der Waals surface area contributed by atoms with Gasteiger partial charge in [-0.2, -0.15) is 0 Å². The van der Waals surface area contributed by atoms with Crippen molar-refractivity contribution in [1.82, 2.24) is 4.90 Å². The molecule has 2 aliphatic rings. The van der Waals surface area contributed by atoms with E-state index in [1.54, 1.807) is 6.08 Å². The predicted octanol–water partition coefficient (Wildman–Crippen LogP) is -0.145. The van der Waals surface area contributed by atoms with Crippen molar-refractivity contribution in [2.24, 2.45) is 0 Å². The van der Waals surface area contributed by atoms with Gasteiger partial charge in [-0.15, -0.1) is 0 Å². The van der Waals surface area contributed by atoms with Crippen molar-refractivity contribution in [3.8, 4) is 0 Å². The number of carbonyl (C=O) groups is 1. The molecular weight excluding hydrogens is 198 g/mol. The summed E-state index contributed by atoms with van der Waals surface area (Å²) in [4.78, 5) is 13.1. The van der Waals surface area contributed by atoms with E-state index in [4.69, 9.17) is 4.74 Å². The van der Waals surface area contributed by atoms with Crippen molar-refractivity contribution < 1.29 is 19.4 Å². The Balaban J connectivity index is 2.08. The molecule has 0 radical (unpaired) electrons. The number of rotatable bonds is 2. The van der Waals surface area contributed by atoms with Gasteiger partial charge >= 0.3 is 5.97 Å². The van der Waals surface area contributed by atoms with Crippen molar-refractivity contribution in [3.05, 3.63) is 11.8 Å². The van der Waals surface area contributed by atoms with Crippen LogP contribution < -0.4 is 0 Å². The SMILES string of the molecule is COC(=O)C1CN1C1=CC(O)OC1(C)C. The molecule has 2 aliphatic heterocycles. The molecule has 15 heavy (non-hydrogen) atoms. The molecule has 2 heterocycles. The number of ether oxygens (including phenoxy) is 2. The Morgan fingerprint density at radius 1 is 1.73 bits per heavy atom. The van der Waals surface area contributed by atoms with Crippen molar-refractivity contribution in [1.29, 1.82) is 0 Å². The van der Waals surface area contributed by atoms with Crippen LogP contribution in [0.15, 0.2) is 11.8 Å². The lowest BCUT2D eigenvalue weighted by atomic mass is 10.1. The molecule has 1 N–H and O–H groups in total. The first-order valence-corrected chi connectivity index (χ1v) is 4.88. The first-order valence-electron chi connectivity index (χ1n) is 4.88. The maximum Gasteiger partial charge on any atom is 0.330 e. The molecular formula is C10H15NO4. The first kappa shape index (κ1) is 10.4. The molecule has 1 saturated heterocycles. The minimum absolute atomic E-state index is 0.213. The van der Waals surface area contributed by atoms with Gasteiger partial charge in [-0.1, -0.05) is 0 Å². The van der Waals surface area contributed by atoms with Gasteiger partial charge in [0, 0.05) is 12.2 Å². The van der Waals surface area contributed by atoms with Crippen LogP contribution in [0.3, 0.4) is 0 Å². The Morgan fingerprint density at radius 3 is 2.87 bits per heavy atom.